The fraction of sp³-hybridized carbons (Fsp3) is 0.514. The topological polar surface area (TPSA) is 62.8 Å². The van der Waals surface area contributed by atoms with Crippen molar-refractivity contribution in [3.05, 3.63) is 59.8 Å². The molecule has 0 amide bonds. The summed E-state index contributed by atoms with van der Waals surface area (Å²) in [6.07, 6.45) is 8.59. The van der Waals surface area contributed by atoms with Gasteiger partial charge in [-0.15, -0.1) is 0 Å². The Kier molecular flexibility index (Phi) is 8.29. The van der Waals surface area contributed by atoms with Crippen molar-refractivity contribution in [2.45, 2.75) is 76.9 Å². The molecule has 3 aromatic rings. The van der Waals surface area contributed by atoms with E-state index in [1.807, 2.05) is 43.3 Å². The van der Waals surface area contributed by atoms with E-state index in [1.54, 1.807) is 6.08 Å². The molecule has 2 aromatic carbocycles. The Hall–Kier alpha value is -3.49. The van der Waals surface area contributed by atoms with Crippen LogP contribution in [0.5, 0.6) is 11.8 Å². The average molecular weight is 612 g/mol. The van der Waals surface area contributed by atoms with Gasteiger partial charge in [0.05, 0.1) is 12.1 Å². The van der Waals surface area contributed by atoms with Gasteiger partial charge in [-0.05, 0) is 87.0 Å². The van der Waals surface area contributed by atoms with Gasteiger partial charge in [0.1, 0.15) is 23.9 Å². The number of hydrogen-bond donors (Lipinski definition) is 1. The quantitative estimate of drug-likeness (QED) is 0.262. The van der Waals surface area contributed by atoms with E-state index in [9.17, 15) is 0 Å². The van der Waals surface area contributed by atoms with Crippen LogP contribution >= 0.6 is 0 Å². The molecule has 4 aliphatic heterocycles. The lowest BCUT2D eigenvalue weighted by molar-refractivity contribution is 0.107. The molecule has 4 fully saturated rings. The second kappa shape index (κ2) is 12.4. The Labute approximate surface area is 266 Å². The average Bonchev–Trinajstić information content (AvgIpc) is 3.74. The molecule has 7 rings (SSSR count). The molecule has 2 unspecified atom stereocenters. The van der Waals surface area contributed by atoms with Crippen molar-refractivity contribution in [1.29, 1.82) is 0 Å². The summed E-state index contributed by atoms with van der Waals surface area (Å²) in [5, 5.41) is 5.61. The third-order valence-electron chi connectivity index (χ3n) is 10.3. The molecule has 5 heterocycles. The van der Waals surface area contributed by atoms with Crippen molar-refractivity contribution in [2.75, 3.05) is 44.3 Å². The molecule has 0 radical (unpaired) electrons. The smallest absolute Gasteiger partial charge is 0.319 e. The highest BCUT2D eigenvalue weighted by Crippen LogP contribution is 2.41. The molecule has 8 heteroatoms. The van der Waals surface area contributed by atoms with Crippen LogP contribution in [0.4, 0.5) is 10.2 Å². The van der Waals surface area contributed by atoms with Crippen LogP contribution in [0.15, 0.2) is 43.0 Å². The van der Waals surface area contributed by atoms with Gasteiger partial charge in [0.2, 0.25) is 0 Å². The van der Waals surface area contributed by atoms with Crippen molar-refractivity contribution >= 4 is 34.1 Å². The van der Waals surface area contributed by atoms with Gasteiger partial charge in [-0.1, -0.05) is 56.8 Å². The number of halogens is 1. The predicted octanol–water partition coefficient (Wildman–Crippen LogP) is 7.11. The summed E-state index contributed by atoms with van der Waals surface area (Å²) in [6.45, 7) is 15.2. The first-order valence-corrected chi connectivity index (χ1v) is 16.8. The number of aromatic nitrogens is 2. The lowest BCUT2D eigenvalue weighted by atomic mass is 9.95. The second-order valence-corrected chi connectivity index (χ2v) is 13.8. The minimum absolute atomic E-state index is 0.0363. The van der Waals surface area contributed by atoms with Gasteiger partial charge in [0.25, 0.3) is 0 Å². The number of fused-ring (bicyclic) bond motifs is 4. The maximum Gasteiger partial charge on any atom is 0.319 e. The first-order valence-electron chi connectivity index (χ1n) is 16.8. The lowest BCUT2D eigenvalue weighted by Gasteiger charge is -2.35. The Morgan fingerprint density at radius 2 is 1.78 bits per heavy atom. The third kappa shape index (κ3) is 5.72. The van der Waals surface area contributed by atoms with E-state index in [4.69, 9.17) is 19.4 Å². The normalized spacial score (nSPS) is 23.0. The van der Waals surface area contributed by atoms with Crippen molar-refractivity contribution < 1.29 is 13.9 Å². The van der Waals surface area contributed by atoms with Crippen LogP contribution in [-0.4, -0.2) is 71.9 Å². The van der Waals surface area contributed by atoms with Crippen LogP contribution in [0.3, 0.4) is 0 Å². The van der Waals surface area contributed by atoms with Crippen LogP contribution < -0.4 is 19.7 Å². The Balaban J connectivity index is 1.32. The highest BCUT2D eigenvalue weighted by molar-refractivity contribution is 6.02. The Morgan fingerprint density at radius 3 is 2.47 bits per heavy atom. The molecular weight excluding hydrogens is 565 g/mol. The number of ether oxygens (including phenoxy) is 2. The van der Waals surface area contributed by atoms with Gasteiger partial charge >= 0.3 is 6.01 Å². The number of nitrogens with one attached hydrogen (secondary N) is 1. The monoisotopic (exact) mass is 611 g/mol. The minimum atomic E-state index is -0.399. The van der Waals surface area contributed by atoms with Crippen LogP contribution in [-0.2, 0) is 0 Å². The molecule has 45 heavy (non-hydrogen) atoms. The number of allylic oxidation sites excluding steroid dienone is 1. The SMILES string of the molecule is C=Cc1c(/C(F)=C(\C)c2cccc3cccc(OCC(C)C)c23)nc(OCC23CCCN2CCC3)nc1N1CC2CCC(C1)N2. The van der Waals surface area contributed by atoms with E-state index in [-0.39, 0.29) is 17.2 Å². The molecule has 0 spiro atoms. The van der Waals surface area contributed by atoms with E-state index < -0.39 is 5.83 Å². The third-order valence-corrected chi connectivity index (χ3v) is 10.3. The number of piperazine rings is 1. The number of hydrogen-bond acceptors (Lipinski definition) is 7. The van der Waals surface area contributed by atoms with Crippen molar-refractivity contribution in [3.63, 3.8) is 0 Å². The first kappa shape index (κ1) is 30.2. The zero-order valence-electron chi connectivity index (χ0n) is 26.9. The fourth-order valence-corrected chi connectivity index (χ4v) is 8.02. The molecule has 4 saturated heterocycles. The van der Waals surface area contributed by atoms with Crippen LogP contribution in [0.1, 0.15) is 76.1 Å². The number of rotatable bonds is 10. The number of anilines is 1. The minimum Gasteiger partial charge on any atom is -0.493 e. The van der Waals surface area contributed by atoms with Gasteiger partial charge in [-0.2, -0.15) is 9.97 Å². The second-order valence-electron chi connectivity index (χ2n) is 13.8. The van der Waals surface area contributed by atoms with Gasteiger partial charge in [0.15, 0.2) is 5.83 Å². The van der Waals surface area contributed by atoms with E-state index in [0.717, 1.165) is 73.9 Å². The molecule has 7 nitrogen and oxygen atoms in total. The molecular formula is C37H46FN5O2. The lowest BCUT2D eigenvalue weighted by Crippen LogP contribution is -2.51. The van der Waals surface area contributed by atoms with Crippen molar-refractivity contribution in [1.82, 2.24) is 20.2 Å². The summed E-state index contributed by atoms with van der Waals surface area (Å²) in [7, 11) is 0. The summed E-state index contributed by atoms with van der Waals surface area (Å²) < 4.78 is 29.8. The largest absolute Gasteiger partial charge is 0.493 e. The highest BCUT2D eigenvalue weighted by Gasteiger charge is 2.45. The summed E-state index contributed by atoms with van der Waals surface area (Å²) >= 11 is 0. The molecule has 1 aromatic heterocycles. The molecule has 2 bridgehead atoms. The molecule has 238 valence electrons. The van der Waals surface area contributed by atoms with Gasteiger partial charge < -0.3 is 19.7 Å². The van der Waals surface area contributed by atoms with E-state index >= 15 is 4.39 Å². The summed E-state index contributed by atoms with van der Waals surface area (Å²) in [5.74, 6) is 1.43. The summed E-state index contributed by atoms with van der Waals surface area (Å²) in [4.78, 5) is 14.6. The van der Waals surface area contributed by atoms with E-state index in [2.05, 4.69) is 35.5 Å². The molecule has 0 aliphatic carbocycles. The zero-order chi connectivity index (χ0) is 31.1. The van der Waals surface area contributed by atoms with Gasteiger partial charge in [0, 0.05) is 36.1 Å². The highest BCUT2D eigenvalue weighted by atomic mass is 19.1. The maximum atomic E-state index is 17.1. The van der Waals surface area contributed by atoms with Crippen LogP contribution in [0.2, 0.25) is 0 Å². The zero-order valence-corrected chi connectivity index (χ0v) is 26.9. The van der Waals surface area contributed by atoms with E-state index in [0.29, 0.717) is 48.2 Å². The fourth-order valence-electron chi connectivity index (χ4n) is 8.02. The maximum absolute atomic E-state index is 17.1. The molecule has 2 atom stereocenters. The first-order chi connectivity index (χ1) is 21.8. The number of nitrogens with zero attached hydrogens (tertiary/aromatic N) is 4. The predicted molar refractivity (Wildman–Crippen MR) is 180 cm³/mol. The molecule has 1 N–H and O–H groups in total. The summed E-state index contributed by atoms with van der Waals surface area (Å²) in [6, 6.07) is 13.0. The summed E-state index contributed by atoms with van der Waals surface area (Å²) in [5.41, 5.74) is 2.16. The Bertz CT molecular complexity index is 1590. The van der Waals surface area contributed by atoms with Crippen molar-refractivity contribution in [3.8, 4) is 11.8 Å². The van der Waals surface area contributed by atoms with E-state index in [1.165, 1.54) is 12.8 Å². The van der Waals surface area contributed by atoms with Crippen LogP contribution in [0.25, 0.3) is 28.2 Å². The molecule has 0 saturated carbocycles. The van der Waals surface area contributed by atoms with Crippen LogP contribution in [0, 0.1) is 5.92 Å². The molecule has 4 aliphatic rings. The van der Waals surface area contributed by atoms with Crippen molar-refractivity contribution in [2.24, 2.45) is 5.92 Å². The Morgan fingerprint density at radius 1 is 1.07 bits per heavy atom. The standard InChI is InChI=1S/C37H46FN5O2/c1-5-29-34(33(38)25(4)30-12-6-10-26-11-7-13-31(32(26)30)44-22-24(2)3)40-36(45-23-37-16-8-18-43(37)19-9-17-37)41-35(29)42-20-27-14-15-28(21-42)39-27/h5-7,10-13,24,27-28,39H,1,8-9,14-23H2,2-4H3/b33-25-. The van der Waals surface area contributed by atoms with Gasteiger partial charge in [-0.25, -0.2) is 4.39 Å². The number of benzene rings is 2. The van der Waals surface area contributed by atoms with Gasteiger partial charge in [-0.3, -0.25) is 4.90 Å².